The molecule has 0 spiro atoms. The van der Waals surface area contributed by atoms with E-state index in [0.29, 0.717) is 25.4 Å². The molecule has 0 bridgehead atoms. The van der Waals surface area contributed by atoms with Gasteiger partial charge >= 0.3 is 5.97 Å². The van der Waals surface area contributed by atoms with Gasteiger partial charge in [0.05, 0.1) is 13.2 Å². The van der Waals surface area contributed by atoms with Crippen molar-refractivity contribution in [3.8, 4) is 0 Å². The second kappa shape index (κ2) is 4.58. The Kier molecular flexibility index (Phi) is 2.93. The first-order valence-corrected chi connectivity index (χ1v) is 8.33. The van der Waals surface area contributed by atoms with Crippen molar-refractivity contribution in [3.63, 3.8) is 0 Å². The predicted molar refractivity (Wildman–Crippen MR) is 82.4 cm³/mol. The Morgan fingerprint density at radius 2 is 2.00 bits per heavy atom. The molecule has 3 aliphatic rings. The van der Waals surface area contributed by atoms with Gasteiger partial charge < -0.3 is 14.2 Å². The summed E-state index contributed by atoms with van der Waals surface area (Å²) in [6.07, 6.45) is 7.38. The molecule has 1 unspecified atom stereocenters. The number of nitrogens with zero attached hydrogens (tertiary/aromatic N) is 3. The number of methoxy groups -OCH3 is 1. The summed E-state index contributed by atoms with van der Waals surface area (Å²) >= 11 is 0. The third kappa shape index (κ3) is 2.03. The van der Waals surface area contributed by atoms with Crippen LogP contribution in [0, 0.1) is 10.8 Å². The molecule has 1 aromatic rings. The van der Waals surface area contributed by atoms with E-state index in [1.165, 1.54) is 20.0 Å². The number of rotatable bonds is 4. The maximum atomic E-state index is 13.0. The van der Waals surface area contributed by atoms with Gasteiger partial charge in [0.1, 0.15) is 11.2 Å². The maximum Gasteiger partial charge on any atom is 0.321 e. The van der Waals surface area contributed by atoms with Crippen molar-refractivity contribution < 1.29 is 14.3 Å². The molecule has 1 amide bonds. The molecule has 1 aliphatic heterocycles. The molecule has 124 valence electrons. The molecule has 1 aromatic heterocycles. The summed E-state index contributed by atoms with van der Waals surface area (Å²) in [5, 5.41) is 0. The van der Waals surface area contributed by atoms with Gasteiger partial charge in [-0.25, -0.2) is 4.98 Å². The van der Waals surface area contributed by atoms with E-state index >= 15 is 0 Å². The number of likely N-dealkylation sites (tertiary alicyclic amines) is 1. The molecule has 3 fully saturated rings. The van der Waals surface area contributed by atoms with Crippen LogP contribution in [0.2, 0.25) is 0 Å². The highest BCUT2D eigenvalue weighted by Crippen LogP contribution is 2.55. The van der Waals surface area contributed by atoms with Crippen LogP contribution in [0.25, 0.3) is 0 Å². The van der Waals surface area contributed by atoms with E-state index in [-0.39, 0.29) is 17.4 Å². The standard InChI is InChI=1S/C17H23N3O3/c1-16(2)10-20(14(21)17(6-7-17)15(22)23-3)12(16)13-18-8-9-19(13)11-4-5-11/h8-9,11-12H,4-7,10H2,1-3H3. The highest BCUT2D eigenvalue weighted by molar-refractivity contribution is 6.06. The number of imidazole rings is 1. The van der Waals surface area contributed by atoms with Crippen molar-refractivity contribution in [1.29, 1.82) is 0 Å². The summed E-state index contributed by atoms with van der Waals surface area (Å²) in [5.41, 5.74) is -0.958. The summed E-state index contributed by atoms with van der Waals surface area (Å²) in [4.78, 5) is 31.4. The Hall–Kier alpha value is -1.85. The van der Waals surface area contributed by atoms with Gasteiger partial charge in [-0.3, -0.25) is 9.59 Å². The molecule has 0 aromatic carbocycles. The molecule has 2 aliphatic carbocycles. The lowest BCUT2D eigenvalue weighted by molar-refractivity contribution is -0.168. The highest BCUT2D eigenvalue weighted by atomic mass is 16.5. The van der Waals surface area contributed by atoms with E-state index in [1.54, 1.807) is 0 Å². The first-order valence-electron chi connectivity index (χ1n) is 8.33. The van der Waals surface area contributed by atoms with Gasteiger partial charge in [-0.15, -0.1) is 0 Å². The van der Waals surface area contributed by atoms with Crippen molar-refractivity contribution in [2.24, 2.45) is 10.8 Å². The minimum Gasteiger partial charge on any atom is -0.468 e. The number of amides is 1. The van der Waals surface area contributed by atoms with Crippen LogP contribution < -0.4 is 0 Å². The Bertz CT molecular complexity index is 670. The predicted octanol–water partition coefficient (Wildman–Crippen LogP) is 2.08. The smallest absolute Gasteiger partial charge is 0.321 e. The Balaban J connectivity index is 1.63. The average Bonchev–Trinajstić information content (AvgIpc) is 3.43. The second-order valence-corrected chi connectivity index (χ2v) is 7.82. The zero-order valence-electron chi connectivity index (χ0n) is 13.9. The largest absolute Gasteiger partial charge is 0.468 e. The van der Waals surface area contributed by atoms with Crippen molar-refractivity contribution in [1.82, 2.24) is 14.5 Å². The second-order valence-electron chi connectivity index (χ2n) is 7.82. The lowest BCUT2D eigenvalue weighted by atomic mass is 9.73. The third-order valence-corrected chi connectivity index (χ3v) is 5.51. The minimum atomic E-state index is -0.930. The Labute approximate surface area is 135 Å². The fraction of sp³-hybridized carbons (Fsp3) is 0.706. The van der Waals surface area contributed by atoms with Gasteiger partial charge in [0, 0.05) is 30.4 Å². The summed E-state index contributed by atoms with van der Waals surface area (Å²) in [6, 6.07) is 0.462. The number of hydrogen-bond acceptors (Lipinski definition) is 4. The molecule has 4 rings (SSSR count). The van der Waals surface area contributed by atoms with Crippen molar-refractivity contribution in [2.75, 3.05) is 13.7 Å². The maximum absolute atomic E-state index is 13.0. The van der Waals surface area contributed by atoms with Gasteiger partial charge in [0.15, 0.2) is 0 Å². The zero-order valence-corrected chi connectivity index (χ0v) is 13.9. The zero-order chi connectivity index (χ0) is 16.4. The van der Waals surface area contributed by atoms with E-state index < -0.39 is 11.4 Å². The number of carbonyl (C=O) groups is 2. The molecule has 0 N–H and O–H groups in total. The van der Waals surface area contributed by atoms with Gasteiger partial charge in [0.2, 0.25) is 5.91 Å². The molecular formula is C17H23N3O3. The van der Waals surface area contributed by atoms with E-state index in [2.05, 4.69) is 23.4 Å². The van der Waals surface area contributed by atoms with Crippen molar-refractivity contribution >= 4 is 11.9 Å². The fourth-order valence-corrected chi connectivity index (χ4v) is 3.90. The topological polar surface area (TPSA) is 64.4 Å². The molecule has 2 saturated carbocycles. The Morgan fingerprint density at radius 3 is 2.52 bits per heavy atom. The molecule has 0 radical (unpaired) electrons. The van der Waals surface area contributed by atoms with Crippen molar-refractivity contribution in [3.05, 3.63) is 18.2 Å². The van der Waals surface area contributed by atoms with E-state index in [9.17, 15) is 9.59 Å². The quantitative estimate of drug-likeness (QED) is 0.630. The molecule has 6 nitrogen and oxygen atoms in total. The molecule has 2 heterocycles. The third-order valence-electron chi connectivity index (χ3n) is 5.51. The van der Waals surface area contributed by atoms with Gasteiger partial charge in [-0.05, 0) is 25.7 Å². The number of carbonyl (C=O) groups excluding carboxylic acids is 2. The van der Waals surface area contributed by atoms with Crippen LogP contribution in [0.5, 0.6) is 0 Å². The SMILES string of the molecule is COC(=O)C1(C(=O)N2CC(C)(C)C2c2nccn2C2CC2)CC1. The average molecular weight is 317 g/mol. The summed E-state index contributed by atoms with van der Waals surface area (Å²) in [5.74, 6) is 0.480. The monoisotopic (exact) mass is 317 g/mol. The van der Waals surface area contributed by atoms with Crippen LogP contribution in [0.3, 0.4) is 0 Å². The number of hydrogen-bond donors (Lipinski definition) is 0. The van der Waals surface area contributed by atoms with E-state index in [1.807, 2.05) is 17.3 Å². The lowest BCUT2D eigenvalue weighted by Gasteiger charge is -2.54. The van der Waals surface area contributed by atoms with E-state index in [4.69, 9.17) is 4.74 Å². The Morgan fingerprint density at radius 1 is 1.30 bits per heavy atom. The summed E-state index contributed by atoms with van der Waals surface area (Å²) in [6.45, 7) is 4.98. The van der Waals surface area contributed by atoms with Gasteiger partial charge in [-0.1, -0.05) is 13.8 Å². The minimum absolute atomic E-state index is 0.0279. The lowest BCUT2D eigenvalue weighted by Crippen LogP contribution is -2.61. The molecular weight excluding hydrogens is 294 g/mol. The number of esters is 1. The first-order chi connectivity index (χ1) is 10.9. The molecule has 1 saturated heterocycles. The normalized spacial score (nSPS) is 27.3. The molecule has 1 atom stereocenters. The summed E-state index contributed by atoms with van der Waals surface area (Å²) < 4.78 is 7.07. The first kappa shape index (κ1) is 14.7. The number of ether oxygens (including phenoxy) is 1. The fourth-order valence-electron chi connectivity index (χ4n) is 3.90. The number of aromatic nitrogens is 2. The van der Waals surface area contributed by atoms with Gasteiger partial charge in [0.25, 0.3) is 0 Å². The van der Waals surface area contributed by atoms with Crippen LogP contribution in [0.15, 0.2) is 12.4 Å². The van der Waals surface area contributed by atoms with Crippen LogP contribution in [-0.4, -0.2) is 40.0 Å². The molecule has 6 heteroatoms. The van der Waals surface area contributed by atoms with E-state index in [0.717, 1.165) is 5.82 Å². The van der Waals surface area contributed by atoms with Crippen LogP contribution in [0.1, 0.15) is 57.4 Å². The van der Waals surface area contributed by atoms with Crippen LogP contribution in [0.4, 0.5) is 0 Å². The van der Waals surface area contributed by atoms with Crippen LogP contribution in [-0.2, 0) is 14.3 Å². The van der Waals surface area contributed by atoms with Crippen LogP contribution >= 0.6 is 0 Å². The van der Waals surface area contributed by atoms with Crippen molar-refractivity contribution in [2.45, 2.75) is 51.6 Å². The summed E-state index contributed by atoms with van der Waals surface area (Å²) in [7, 11) is 1.35. The highest BCUT2D eigenvalue weighted by Gasteiger charge is 2.64. The van der Waals surface area contributed by atoms with Gasteiger partial charge in [-0.2, -0.15) is 0 Å². The molecule has 23 heavy (non-hydrogen) atoms.